The van der Waals surface area contributed by atoms with Crippen molar-refractivity contribution in [3.05, 3.63) is 21.3 Å². The molecular formula is C10H14ClN5O3. The molecule has 1 saturated heterocycles. The largest absolute Gasteiger partial charge is 0.408 e. The average molecular weight is 288 g/mol. The SMILES string of the molecule is CN1CCN(C(=O)Cn2cc(Cl)c([N+](=O)[O-])n2)CC1. The predicted molar refractivity (Wildman–Crippen MR) is 68.0 cm³/mol. The summed E-state index contributed by atoms with van der Waals surface area (Å²) in [6.45, 7) is 2.94. The van der Waals surface area contributed by atoms with Gasteiger partial charge in [0.1, 0.15) is 6.54 Å². The maximum Gasteiger partial charge on any atom is 0.408 e. The van der Waals surface area contributed by atoms with Crippen molar-refractivity contribution in [3.8, 4) is 0 Å². The smallest absolute Gasteiger partial charge is 0.358 e. The van der Waals surface area contributed by atoms with E-state index in [1.54, 1.807) is 4.90 Å². The number of carbonyl (C=O) groups excluding carboxylic acids is 1. The van der Waals surface area contributed by atoms with Crippen LogP contribution in [0.15, 0.2) is 6.20 Å². The molecule has 0 unspecified atom stereocenters. The van der Waals surface area contributed by atoms with E-state index < -0.39 is 10.7 Å². The van der Waals surface area contributed by atoms with Crippen molar-refractivity contribution in [2.75, 3.05) is 33.2 Å². The number of aromatic nitrogens is 2. The maximum atomic E-state index is 12.0. The summed E-state index contributed by atoms with van der Waals surface area (Å²) in [4.78, 5) is 25.8. The summed E-state index contributed by atoms with van der Waals surface area (Å²) in [6.07, 6.45) is 1.30. The van der Waals surface area contributed by atoms with Gasteiger partial charge < -0.3 is 19.9 Å². The van der Waals surface area contributed by atoms with E-state index in [1.165, 1.54) is 10.9 Å². The van der Waals surface area contributed by atoms with Crippen molar-refractivity contribution in [1.29, 1.82) is 0 Å². The molecule has 1 aromatic rings. The topological polar surface area (TPSA) is 84.5 Å². The molecule has 0 bridgehead atoms. The van der Waals surface area contributed by atoms with Crippen molar-refractivity contribution in [1.82, 2.24) is 19.6 Å². The van der Waals surface area contributed by atoms with Gasteiger partial charge >= 0.3 is 5.82 Å². The van der Waals surface area contributed by atoms with Crippen LogP contribution >= 0.6 is 11.6 Å². The van der Waals surface area contributed by atoms with Gasteiger partial charge in [-0.05, 0) is 12.0 Å². The fourth-order valence-electron chi connectivity index (χ4n) is 1.89. The molecule has 0 saturated carbocycles. The third-order valence-electron chi connectivity index (χ3n) is 3.03. The van der Waals surface area contributed by atoms with Crippen molar-refractivity contribution in [2.24, 2.45) is 0 Å². The second-order valence-corrected chi connectivity index (χ2v) is 4.85. The van der Waals surface area contributed by atoms with Crippen molar-refractivity contribution in [2.45, 2.75) is 6.54 Å². The van der Waals surface area contributed by atoms with Gasteiger partial charge in [-0.15, -0.1) is 0 Å². The molecule has 1 aromatic heterocycles. The number of carbonyl (C=O) groups is 1. The van der Waals surface area contributed by atoms with Gasteiger partial charge in [-0.25, -0.2) is 0 Å². The molecule has 2 heterocycles. The summed E-state index contributed by atoms with van der Waals surface area (Å²) >= 11 is 5.67. The standard InChI is InChI=1S/C10H14ClN5O3/c1-13-2-4-14(5-3-13)9(17)7-15-6-8(11)10(12-15)16(18)19/h6H,2-5,7H2,1H3. The van der Waals surface area contributed by atoms with Gasteiger partial charge in [-0.2, -0.15) is 4.68 Å². The number of hydrogen-bond donors (Lipinski definition) is 0. The predicted octanol–water partition coefficient (Wildman–Crippen LogP) is 0.219. The summed E-state index contributed by atoms with van der Waals surface area (Å²) in [5, 5.41) is 14.2. The van der Waals surface area contributed by atoms with Crippen LogP contribution in [-0.2, 0) is 11.3 Å². The van der Waals surface area contributed by atoms with E-state index in [2.05, 4.69) is 10.00 Å². The lowest BCUT2D eigenvalue weighted by molar-refractivity contribution is -0.389. The van der Waals surface area contributed by atoms with E-state index in [4.69, 9.17) is 11.6 Å². The first-order valence-electron chi connectivity index (χ1n) is 5.81. The fourth-order valence-corrected chi connectivity index (χ4v) is 2.11. The molecule has 2 rings (SSSR count). The first-order valence-corrected chi connectivity index (χ1v) is 6.19. The monoisotopic (exact) mass is 287 g/mol. The molecule has 1 amide bonds. The van der Waals surface area contributed by atoms with Crippen LogP contribution < -0.4 is 0 Å². The number of nitro groups is 1. The molecule has 1 aliphatic rings. The Labute approximate surface area is 114 Å². The van der Waals surface area contributed by atoms with Gasteiger partial charge in [0.2, 0.25) is 5.91 Å². The molecule has 0 aromatic carbocycles. The summed E-state index contributed by atoms with van der Waals surface area (Å²) in [7, 11) is 2.00. The van der Waals surface area contributed by atoms with Crippen LogP contribution in [-0.4, -0.2) is 63.6 Å². The van der Waals surface area contributed by atoms with Crippen molar-refractivity contribution >= 4 is 23.3 Å². The number of piperazine rings is 1. The third-order valence-corrected chi connectivity index (χ3v) is 3.29. The number of amides is 1. The lowest BCUT2D eigenvalue weighted by Gasteiger charge is -2.32. The van der Waals surface area contributed by atoms with Gasteiger partial charge in [0, 0.05) is 26.2 Å². The van der Waals surface area contributed by atoms with Crippen LogP contribution in [0.5, 0.6) is 0 Å². The molecule has 9 heteroatoms. The number of rotatable bonds is 3. The Kier molecular flexibility index (Phi) is 4.01. The molecule has 0 aliphatic carbocycles. The minimum Gasteiger partial charge on any atom is -0.358 e. The lowest BCUT2D eigenvalue weighted by Crippen LogP contribution is -2.48. The van der Waals surface area contributed by atoms with E-state index in [1.807, 2.05) is 7.05 Å². The Morgan fingerprint density at radius 3 is 2.63 bits per heavy atom. The Morgan fingerprint density at radius 1 is 1.47 bits per heavy atom. The molecule has 8 nitrogen and oxygen atoms in total. The maximum absolute atomic E-state index is 12.0. The second kappa shape index (κ2) is 5.54. The van der Waals surface area contributed by atoms with Crippen LogP contribution in [0.2, 0.25) is 5.02 Å². The molecule has 1 fully saturated rings. The van der Waals surface area contributed by atoms with Crippen molar-refractivity contribution in [3.63, 3.8) is 0 Å². The molecule has 1 aliphatic heterocycles. The van der Waals surface area contributed by atoms with E-state index in [-0.39, 0.29) is 17.5 Å². The third kappa shape index (κ3) is 3.21. The highest BCUT2D eigenvalue weighted by Crippen LogP contribution is 2.21. The lowest BCUT2D eigenvalue weighted by atomic mass is 10.3. The number of nitrogens with zero attached hydrogens (tertiary/aromatic N) is 5. The first-order chi connectivity index (χ1) is 8.97. The Morgan fingerprint density at radius 2 is 2.11 bits per heavy atom. The molecule has 0 atom stereocenters. The Bertz CT molecular complexity index is 495. The van der Waals surface area contributed by atoms with Gasteiger partial charge in [-0.1, -0.05) is 11.6 Å². The second-order valence-electron chi connectivity index (χ2n) is 4.44. The summed E-state index contributed by atoms with van der Waals surface area (Å²) < 4.78 is 1.21. The highest BCUT2D eigenvalue weighted by molar-refractivity contribution is 6.32. The van der Waals surface area contributed by atoms with Crippen LogP contribution in [0.4, 0.5) is 5.82 Å². The van der Waals surface area contributed by atoms with Crippen LogP contribution in [0.25, 0.3) is 0 Å². The van der Waals surface area contributed by atoms with E-state index in [0.717, 1.165) is 13.1 Å². The zero-order valence-corrected chi connectivity index (χ0v) is 11.2. The van der Waals surface area contributed by atoms with Gasteiger partial charge in [0.25, 0.3) is 0 Å². The summed E-state index contributed by atoms with van der Waals surface area (Å²) in [5.74, 6) is -0.532. The molecule has 0 spiro atoms. The van der Waals surface area contributed by atoms with Crippen LogP contribution in [0.1, 0.15) is 0 Å². The average Bonchev–Trinajstić information content (AvgIpc) is 2.71. The van der Waals surface area contributed by atoms with E-state index in [0.29, 0.717) is 13.1 Å². The van der Waals surface area contributed by atoms with Gasteiger partial charge in [-0.3, -0.25) is 4.79 Å². The molecule has 104 valence electrons. The normalized spacial score (nSPS) is 16.6. The highest BCUT2D eigenvalue weighted by Gasteiger charge is 2.23. The van der Waals surface area contributed by atoms with E-state index in [9.17, 15) is 14.9 Å². The Balaban J connectivity index is 1.99. The number of likely N-dealkylation sites (N-methyl/N-ethyl adjacent to an activating group) is 1. The van der Waals surface area contributed by atoms with Crippen molar-refractivity contribution < 1.29 is 9.72 Å². The minimum absolute atomic E-state index is 0.0305. The van der Waals surface area contributed by atoms with Gasteiger partial charge in [0.05, 0.1) is 11.3 Å². The fraction of sp³-hybridized carbons (Fsp3) is 0.600. The van der Waals surface area contributed by atoms with Crippen LogP contribution in [0.3, 0.4) is 0 Å². The molecular weight excluding hydrogens is 274 g/mol. The zero-order valence-electron chi connectivity index (χ0n) is 10.5. The highest BCUT2D eigenvalue weighted by atomic mass is 35.5. The Hall–Kier alpha value is -1.67. The number of halogens is 1. The summed E-state index contributed by atoms with van der Waals surface area (Å²) in [5.41, 5.74) is 0. The molecule has 0 radical (unpaired) electrons. The molecule has 19 heavy (non-hydrogen) atoms. The number of hydrogen-bond acceptors (Lipinski definition) is 5. The van der Waals surface area contributed by atoms with E-state index >= 15 is 0 Å². The molecule has 0 N–H and O–H groups in total. The van der Waals surface area contributed by atoms with Gasteiger partial charge in [0.15, 0.2) is 5.02 Å². The zero-order chi connectivity index (χ0) is 14.0. The quantitative estimate of drug-likeness (QED) is 0.586. The first kappa shape index (κ1) is 13.8. The summed E-state index contributed by atoms with van der Waals surface area (Å²) in [6, 6.07) is 0. The minimum atomic E-state index is -0.667. The van der Waals surface area contributed by atoms with Crippen LogP contribution in [0, 0.1) is 10.1 Å².